The molecule has 0 fully saturated rings. The van der Waals surface area contributed by atoms with Crippen LogP contribution in [0.1, 0.15) is 5.56 Å². The predicted molar refractivity (Wildman–Crippen MR) is 79.2 cm³/mol. The predicted octanol–water partition coefficient (Wildman–Crippen LogP) is 4.26. The summed E-state index contributed by atoms with van der Waals surface area (Å²) >= 11 is 12.0. The zero-order chi connectivity index (χ0) is 12.1. The van der Waals surface area contributed by atoms with E-state index in [1.807, 2.05) is 12.1 Å². The first-order valence-corrected chi connectivity index (χ1v) is 5.66. The fraction of sp³-hybridized carbons (Fsp3) is 0. The number of hydrogen-bond acceptors (Lipinski definition) is 3. The van der Waals surface area contributed by atoms with Crippen molar-refractivity contribution < 1.29 is 0 Å². The smallest absolute Gasteiger partial charge is 0.0592 e. The zero-order valence-corrected chi connectivity index (χ0v) is 11.5. The van der Waals surface area contributed by atoms with Gasteiger partial charge in [0.25, 0.3) is 0 Å². The third-order valence-electron chi connectivity index (χ3n) is 2.07. The van der Waals surface area contributed by atoms with E-state index >= 15 is 0 Å². The van der Waals surface area contributed by atoms with Gasteiger partial charge in [-0.15, -0.1) is 12.4 Å². The molecule has 94 valence electrons. The Kier molecular flexibility index (Phi) is 5.92. The molecule has 1 aromatic heterocycles. The van der Waals surface area contributed by atoms with E-state index in [1.54, 1.807) is 36.8 Å². The molecule has 0 saturated heterocycles. The average molecular weight is 303 g/mol. The number of hydrazone groups is 1. The fourth-order valence-electron chi connectivity index (χ4n) is 1.23. The second-order valence-corrected chi connectivity index (χ2v) is 4.06. The van der Waals surface area contributed by atoms with Gasteiger partial charge < -0.3 is 0 Å². The lowest BCUT2D eigenvalue weighted by Crippen LogP contribution is -1.92. The van der Waals surface area contributed by atoms with Gasteiger partial charge in [-0.2, -0.15) is 5.10 Å². The van der Waals surface area contributed by atoms with Crippen LogP contribution in [0.5, 0.6) is 0 Å². The Morgan fingerprint density at radius 1 is 1.06 bits per heavy atom. The number of rotatable bonds is 3. The third-order valence-corrected chi connectivity index (χ3v) is 2.73. The summed E-state index contributed by atoms with van der Waals surface area (Å²) in [4.78, 5) is 3.91. The Bertz CT molecular complexity index is 509. The van der Waals surface area contributed by atoms with Crippen LogP contribution in [-0.2, 0) is 0 Å². The second kappa shape index (κ2) is 7.21. The molecule has 0 atom stereocenters. The minimum absolute atomic E-state index is 0. The Balaban J connectivity index is 0.00000162. The van der Waals surface area contributed by atoms with E-state index in [2.05, 4.69) is 15.5 Å². The molecule has 2 rings (SSSR count). The van der Waals surface area contributed by atoms with Crippen LogP contribution in [0, 0.1) is 0 Å². The number of halogens is 3. The Morgan fingerprint density at radius 3 is 2.28 bits per heavy atom. The van der Waals surface area contributed by atoms with E-state index in [0.717, 1.165) is 5.69 Å². The Labute approximate surface area is 121 Å². The number of benzene rings is 1. The summed E-state index contributed by atoms with van der Waals surface area (Å²) in [7, 11) is 0. The molecular formula is C12H10Cl3N3. The Hall–Kier alpha value is -1.29. The summed E-state index contributed by atoms with van der Waals surface area (Å²) in [6.45, 7) is 0. The van der Waals surface area contributed by atoms with Crippen molar-refractivity contribution in [2.75, 3.05) is 5.43 Å². The molecule has 18 heavy (non-hydrogen) atoms. The lowest BCUT2D eigenvalue weighted by atomic mass is 10.2. The van der Waals surface area contributed by atoms with Crippen molar-refractivity contribution in [1.29, 1.82) is 0 Å². The van der Waals surface area contributed by atoms with Crippen molar-refractivity contribution in [3.05, 3.63) is 58.3 Å². The van der Waals surface area contributed by atoms with Crippen molar-refractivity contribution in [2.24, 2.45) is 5.10 Å². The molecule has 6 heteroatoms. The molecule has 0 bridgehead atoms. The van der Waals surface area contributed by atoms with Gasteiger partial charge in [0.2, 0.25) is 0 Å². The molecule has 1 heterocycles. The van der Waals surface area contributed by atoms with E-state index in [1.165, 1.54) is 0 Å². The van der Waals surface area contributed by atoms with Gasteiger partial charge in [-0.25, -0.2) is 0 Å². The van der Waals surface area contributed by atoms with Crippen molar-refractivity contribution in [3.8, 4) is 0 Å². The average Bonchev–Trinajstić information content (AvgIpc) is 2.34. The van der Waals surface area contributed by atoms with Gasteiger partial charge in [-0.1, -0.05) is 29.3 Å². The molecule has 2 aromatic rings. The molecular weight excluding hydrogens is 293 g/mol. The number of anilines is 1. The molecule has 0 saturated carbocycles. The third kappa shape index (κ3) is 3.88. The molecule has 1 aromatic carbocycles. The summed E-state index contributed by atoms with van der Waals surface area (Å²) in [6, 6.07) is 8.94. The van der Waals surface area contributed by atoms with Crippen molar-refractivity contribution in [3.63, 3.8) is 0 Å². The highest BCUT2D eigenvalue weighted by Crippen LogP contribution is 2.22. The van der Waals surface area contributed by atoms with Crippen LogP contribution < -0.4 is 5.43 Å². The van der Waals surface area contributed by atoms with Crippen molar-refractivity contribution in [1.82, 2.24) is 4.98 Å². The summed E-state index contributed by atoms with van der Waals surface area (Å²) in [6.07, 6.45) is 4.95. The van der Waals surface area contributed by atoms with Gasteiger partial charge in [-0.3, -0.25) is 10.4 Å². The number of nitrogens with one attached hydrogen (secondary N) is 1. The highest BCUT2D eigenvalue weighted by atomic mass is 35.5. The van der Waals surface area contributed by atoms with Gasteiger partial charge in [0, 0.05) is 18.0 Å². The molecule has 0 radical (unpaired) electrons. The first kappa shape index (κ1) is 14.8. The second-order valence-electron chi connectivity index (χ2n) is 3.24. The van der Waals surface area contributed by atoms with Gasteiger partial charge in [0.1, 0.15) is 0 Å². The summed E-state index contributed by atoms with van der Waals surface area (Å²) in [5.74, 6) is 0. The monoisotopic (exact) mass is 301 g/mol. The molecule has 0 spiro atoms. The lowest BCUT2D eigenvalue weighted by Gasteiger charge is -2.01. The molecule has 0 amide bonds. The van der Waals surface area contributed by atoms with Crippen LogP contribution in [0.4, 0.5) is 5.69 Å². The van der Waals surface area contributed by atoms with E-state index in [0.29, 0.717) is 15.6 Å². The highest BCUT2D eigenvalue weighted by Gasteiger charge is 2.01. The number of aromatic nitrogens is 1. The maximum absolute atomic E-state index is 6.00. The van der Waals surface area contributed by atoms with E-state index in [4.69, 9.17) is 23.2 Å². The first-order chi connectivity index (χ1) is 8.27. The zero-order valence-electron chi connectivity index (χ0n) is 9.18. The number of nitrogens with zero attached hydrogens (tertiary/aromatic N) is 2. The van der Waals surface area contributed by atoms with Crippen molar-refractivity contribution in [2.45, 2.75) is 0 Å². The van der Waals surface area contributed by atoms with Gasteiger partial charge >= 0.3 is 0 Å². The van der Waals surface area contributed by atoms with Gasteiger partial charge in [-0.05, 0) is 24.3 Å². The number of hydrogen-bond donors (Lipinski definition) is 1. The van der Waals surface area contributed by atoms with E-state index in [9.17, 15) is 0 Å². The topological polar surface area (TPSA) is 37.3 Å². The summed E-state index contributed by atoms with van der Waals surface area (Å²) < 4.78 is 0. The molecule has 0 aliphatic rings. The SMILES string of the molecule is Cl.Clc1cccc(Cl)c1/C=N/Nc1ccncc1. The molecule has 0 aliphatic carbocycles. The summed E-state index contributed by atoms with van der Waals surface area (Å²) in [5, 5.41) is 5.20. The lowest BCUT2D eigenvalue weighted by molar-refractivity contribution is 1.28. The minimum Gasteiger partial charge on any atom is -0.278 e. The minimum atomic E-state index is 0. The van der Waals surface area contributed by atoms with Gasteiger partial charge in [0.15, 0.2) is 0 Å². The molecule has 0 unspecified atom stereocenters. The molecule has 1 N–H and O–H groups in total. The van der Waals surface area contributed by atoms with Crippen LogP contribution >= 0.6 is 35.6 Å². The van der Waals surface area contributed by atoms with Crippen LogP contribution in [0.3, 0.4) is 0 Å². The maximum Gasteiger partial charge on any atom is 0.0592 e. The molecule has 0 aliphatic heterocycles. The normalized spacial score (nSPS) is 10.1. The Morgan fingerprint density at radius 2 is 1.67 bits per heavy atom. The van der Waals surface area contributed by atoms with Crippen LogP contribution in [0.2, 0.25) is 10.0 Å². The standard InChI is InChI=1S/C12H9Cl2N3.ClH/c13-11-2-1-3-12(14)10(11)8-16-17-9-4-6-15-7-5-9;/h1-8H,(H,15,17);1H/b16-8+;. The summed E-state index contributed by atoms with van der Waals surface area (Å²) in [5.41, 5.74) is 4.40. The van der Waals surface area contributed by atoms with E-state index < -0.39 is 0 Å². The highest BCUT2D eigenvalue weighted by molar-refractivity contribution is 6.38. The fourth-order valence-corrected chi connectivity index (χ4v) is 1.73. The number of pyridine rings is 1. The maximum atomic E-state index is 6.00. The van der Waals surface area contributed by atoms with Crippen molar-refractivity contribution >= 4 is 47.5 Å². The first-order valence-electron chi connectivity index (χ1n) is 4.90. The van der Waals surface area contributed by atoms with Gasteiger partial charge in [0.05, 0.1) is 21.9 Å². The van der Waals surface area contributed by atoms with E-state index in [-0.39, 0.29) is 12.4 Å². The van der Waals surface area contributed by atoms with Crippen LogP contribution in [0.25, 0.3) is 0 Å². The van der Waals surface area contributed by atoms with Crippen LogP contribution in [0.15, 0.2) is 47.8 Å². The quantitative estimate of drug-likeness (QED) is 0.679. The van der Waals surface area contributed by atoms with Crippen LogP contribution in [-0.4, -0.2) is 11.2 Å². The molecule has 3 nitrogen and oxygen atoms in total. The largest absolute Gasteiger partial charge is 0.278 e.